The van der Waals surface area contributed by atoms with Gasteiger partial charge in [-0.2, -0.15) is 0 Å². The lowest BCUT2D eigenvalue weighted by atomic mass is 10.2. The Morgan fingerprint density at radius 1 is 1.07 bits per heavy atom. The summed E-state index contributed by atoms with van der Waals surface area (Å²) in [6.45, 7) is -0.511. The van der Waals surface area contributed by atoms with Gasteiger partial charge in [0.25, 0.3) is 11.8 Å². The smallest absolute Gasteiger partial charge is 0.338 e. The highest BCUT2D eigenvalue weighted by atomic mass is 35.5. The number of carbonyl (C=O) groups excluding carboxylic acids is 3. The van der Waals surface area contributed by atoms with Crippen LogP contribution in [0.25, 0.3) is 0 Å². The van der Waals surface area contributed by atoms with Gasteiger partial charge in [-0.25, -0.2) is 4.79 Å². The normalized spacial score (nSPS) is 12.6. The molecule has 1 aliphatic carbocycles. The number of hydrogen-bond donors (Lipinski definition) is 2. The first kappa shape index (κ1) is 21.4. The van der Waals surface area contributed by atoms with Crippen LogP contribution < -0.4 is 20.1 Å². The minimum Gasteiger partial charge on any atom is -0.493 e. The second-order valence-corrected chi connectivity index (χ2v) is 7.05. The van der Waals surface area contributed by atoms with Crippen molar-refractivity contribution in [3.05, 3.63) is 52.5 Å². The lowest BCUT2D eigenvalue weighted by Gasteiger charge is -2.12. The minimum absolute atomic E-state index is 0.115. The van der Waals surface area contributed by atoms with Gasteiger partial charge in [0.1, 0.15) is 0 Å². The van der Waals surface area contributed by atoms with Crippen molar-refractivity contribution in [2.75, 3.05) is 26.1 Å². The van der Waals surface area contributed by atoms with Crippen molar-refractivity contribution >= 4 is 35.1 Å². The van der Waals surface area contributed by atoms with E-state index >= 15 is 0 Å². The average Bonchev–Trinajstić information content (AvgIpc) is 3.55. The standard InChI is InChI=1S/C21H21ClN2O6/c1-28-17-10-13(9-16(22)19(17)29-2)21(27)30-11-18(25)23-15-5-3-4-12(8-15)20(26)24-14-6-7-14/h3-5,8-10,14H,6-7,11H2,1-2H3,(H,23,25)(H,24,26). The Balaban J connectivity index is 1.57. The van der Waals surface area contributed by atoms with E-state index in [-0.39, 0.29) is 28.3 Å². The molecule has 30 heavy (non-hydrogen) atoms. The molecular weight excluding hydrogens is 412 g/mol. The maximum Gasteiger partial charge on any atom is 0.338 e. The first-order chi connectivity index (χ1) is 14.4. The molecule has 0 aliphatic heterocycles. The summed E-state index contributed by atoms with van der Waals surface area (Å²) < 4.78 is 15.3. The van der Waals surface area contributed by atoms with Crippen LogP contribution in [-0.2, 0) is 9.53 Å². The molecule has 0 heterocycles. The fourth-order valence-corrected chi connectivity index (χ4v) is 2.97. The lowest BCUT2D eigenvalue weighted by Crippen LogP contribution is -2.25. The molecule has 0 saturated heterocycles. The van der Waals surface area contributed by atoms with E-state index in [1.807, 2.05) is 0 Å². The van der Waals surface area contributed by atoms with Crippen molar-refractivity contribution in [3.63, 3.8) is 0 Å². The molecule has 0 atom stereocenters. The number of nitrogens with one attached hydrogen (secondary N) is 2. The van der Waals surface area contributed by atoms with Gasteiger partial charge in [0.2, 0.25) is 0 Å². The molecule has 2 aromatic carbocycles. The van der Waals surface area contributed by atoms with Gasteiger partial charge in [0.05, 0.1) is 24.8 Å². The lowest BCUT2D eigenvalue weighted by molar-refractivity contribution is -0.119. The summed E-state index contributed by atoms with van der Waals surface area (Å²) in [7, 11) is 2.84. The maximum absolute atomic E-state index is 12.3. The number of benzene rings is 2. The van der Waals surface area contributed by atoms with Gasteiger partial charge in [0.15, 0.2) is 18.1 Å². The van der Waals surface area contributed by atoms with E-state index in [2.05, 4.69) is 10.6 Å². The fourth-order valence-electron chi connectivity index (χ4n) is 2.68. The van der Waals surface area contributed by atoms with Crippen molar-refractivity contribution in [1.82, 2.24) is 5.32 Å². The van der Waals surface area contributed by atoms with Crippen LogP contribution in [0.4, 0.5) is 5.69 Å². The van der Waals surface area contributed by atoms with Gasteiger partial charge in [0, 0.05) is 17.3 Å². The average molecular weight is 433 g/mol. The maximum atomic E-state index is 12.3. The molecule has 2 N–H and O–H groups in total. The SMILES string of the molecule is COc1cc(C(=O)OCC(=O)Nc2cccc(C(=O)NC3CC3)c2)cc(Cl)c1OC. The molecule has 2 amide bonds. The first-order valence-corrected chi connectivity index (χ1v) is 9.58. The predicted octanol–water partition coefficient (Wildman–Crippen LogP) is 3.04. The quantitative estimate of drug-likeness (QED) is 0.621. The fraction of sp³-hybridized carbons (Fsp3) is 0.286. The zero-order valence-electron chi connectivity index (χ0n) is 16.5. The molecular formula is C21H21ClN2O6. The molecule has 158 valence electrons. The number of carbonyl (C=O) groups is 3. The van der Waals surface area contributed by atoms with Gasteiger partial charge in [-0.3, -0.25) is 9.59 Å². The van der Waals surface area contributed by atoms with Crippen molar-refractivity contribution < 1.29 is 28.6 Å². The van der Waals surface area contributed by atoms with Crippen LogP contribution in [0, 0.1) is 0 Å². The third kappa shape index (κ3) is 5.42. The van der Waals surface area contributed by atoms with Crippen LogP contribution in [0.2, 0.25) is 5.02 Å². The Morgan fingerprint density at radius 3 is 2.50 bits per heavy atom. The molecule has 1 aliphatic rings. The number of esters is 1. The van der Waals surface area contributed by atoms with Crippen LogP contribution in [0.3, 0.4) is 0 Å². The summed E-state index contributed by atoms with van der Waals surface area (Å²) in [6.07, 6.45) is 1.97. The van der Waals surface area contributed by atoms with Gasteiger partial charge in [-0.1, -0.05) is 17.7 Å². The van der Waals surface area contributed by atoms with Crippen molar-refractivity contribution in [2.45, 2.75) is 18.9 Å². The number of rotatable bonds is 8. The Labute approximate surface area is 178 Å². The number of halogens is 1. The van der Waals surface area contributed by atoms with Gasteiger partial charge in [-0.05, 0) is 43.2 Å². The monoisotopic (exact) mass is 432 g/mol. The third-order valence-electron chi connectivity index (χ3n) is 4.32. The molecule has 0 bridgehead atoms. The highest BCUT2D eigenvalue weighted by Crippen LogP contribution is 2.36. The summed E-state index contributed by atoms with van der Waals surface area (Å²) in [5, 5.41) is 5.65. The zero-order valence-corrected chi connectivity index (χ0v) is 17.2. The van der Waals surface area contributed by atoms with E-state index in [4.69, 9.17) is 25.8 Å². The third-order valence-corrected chi connectivity index (χ3v) is 4.61. The van der Waals surface area contributed by atoms with Crippen LogP contribution in [0.15, 0.2) is 36.4 Å². The molecule has 8 nitrogen and oxygen atoms in total. The van der Waals surface area contributed by atoms with Gasteiger partial charge < -0.3 is 24.8 Å². The summed E-state index contributed by atoms with van der Waals surface area (Å²) in [4.78, 5) is 36.5. The van der Waals surface area contributed by atoms with E-state index in [0.717, 1.165) is 12.8 Å². The number of methoxy groups -OCH3 is 2. The Kier molecular flexibility index (Phi) is 6.79. The number of anilines is 1. The van der Waals surface area contributed by atoms with Crippen LogP contribution >= 0.6 is 11.6 Å². The second-order valence-electron chi connectivity index (χ2n) is 6.65. The van der Waals surface area contributed by atoms with Gasteiger partial charge in [-0.15, -0.1) is 0 Å². The summed E-state index contributed by atoms with van der Waals surface area (Å²) >= 11 is 6.08. The highest BCUT2D eigenvalue weighted by molar-refractivity contribution is 6.32. The van der Waals surface area contributed by atoms with E-state index in [0.29, 0.717) is 17.0 Å². The Hall–Kier alpha value is -3.26. The minimum atomic E-state index is -0.745. The number of amides is 2. The molecule has 0 radical (unpaired) electrons. The second kappa shape index (κ2) is 9.49. The Morgan fingerprint density at radius 2 is 1.83 bits per heavy atom. The van der Waals surface area contributed by atoms with E-state index in [1.165, 1.54) is 26.4 Å². The largest absolute Gasteiger partial charge is 0.493 e. The predicted molar refractivity (Wildman–Crippen MR) is 110 cm³/mol. The Bertz CT molecular complexity index is 974. The first-order valence-electron chi connectivity index (χ1n) is 9.20. The molecule has 3 rings (SSSR count). The van der Waals surface area contributed by atoms with E-state index < -0.39 is 18.5 Å². The molecule has 1 saturated carbocycles. The summed E-state index contributed by atoms with van der Waals surface area (Å²) in [5.74, 6) is -0.924. The summed E-state index contributed by atoms with van der Waals surface area (Å²) in [6, 6.07) is 9.54. The van der Waals surface area contributed by atoms with Crippen molar-refractivity contribution in [2.24, 2.45) is 0 Å². The number of ether oxygens (including phenoxy) is 3. The molecule has 0 spiro atoms. The molecule has 0 unspecified atom stereocenters. The molecule has 1 fully saturated rings. The van der Waals surface area contributed by atoms with Crippen LogP contribution in [-0.4, -0.2) is 44.7 Å². The van der Waals surface area contributed by atoms with E-state index in [9.17, 15) is 14.4 Å². The van der Waals surface area contributed by atoms with Crippen molar-refractivity contribution in [3.8, 4) is 11.5 Å². The molecule has 9 heteroatoms. The number of hydrogen-bond acceptors (Lipinski definition) is 6. The topological polar surface area (TPSA) is 103 Å². The zero-order chi connectivity index (χ0) is 21.7. The van der Waals surface area contributed by atoms with Gasteiger partial charge >= 0.3 is 5.97 Å². The van der Waals surface area contributed by atoms with Crippen LogP contribution in [0.1, 0.15) is 33.6 Å². The molecule has 2 aromatic rings. The summed E-state index contributed by atoms with van der Waals surface area (Å²) in [5.41, 5.74) is 0.981. The van der Waals surface area contributed by atoms with E-state index in [1.54, 1.807) is 24.3 Å². The van der Waals surface area contributed by atoms with Crippen molar-refractivity contribution in [1.29, 1.82) is 0 Å². The highest BCUT2D eigenvalue weighted by Gasteiger charge is 2.24. The van der Waals surface area contributed by atoms with Crippen LogP contribution in [0.5, 0.6) is 11.5 Å². The molecule has 0 aromatic heterocycles.